The van der Waals surface area contributed by atoms with E-state index >= 15 is 0 Å². The van der Waals surface area contributed by atoms with Gasteiger partial charge in [0, 0.05) is 26.6 Å². The van der Waals surface area contributed by atoms with E-state index < -0.39 is 0 Å². The van der Waals surface area contributed by atoms with Gasteiger partial charge in [-0.1, -0.05) is 115 Å². The molecule has 206 valence electrons. The summed E-state index contributed by atoms with van der Waals surface area (Å²) < 4.78 is 7.23. The Balaban J connectivity index is 1.26. The quantitative estimate of drug-likeness (QED) is 0.188. The Hall–Kier alpha value is -4.40. The Morgan fingerprint density at radius 2 is 1.42 bits per heavy atom. The van der Waals surface area contributed by atoms with Crippen molar-refractivity contribution in [3.63, 3.8) is 0 Å². The zero-order chi connectivity index (χ0) is 28.9. The number of fused-ring (bicyclic) bond motifs is 9. The number of rotatable bonds is 2. The maximum absolute atomic E-state index is 6.17. The van der Waals surface area contributed by atoms with Crippen LogP contribution in [0.3, 0.4) is 0 Å². The molecule has 1 unspecified atom stereocenters. The van der Waals surface area contributed by atoms with Gasteiger partial charge in [0.05, 0.1) is 0 Å². The Labute approximate surface area is 259 Å². The van der Waals surface area contributed by atoms with Gasteiger partial charge in [0.1, 0.15) is 11.2 Å². The van der Waals surface area contributed by atoms with E-state index in [-0.39, 0.29) is 5.41 Å². The molecule has 9 rings (SSSR count). The number of hydrogen-bond donors (Lipinski definition) is 0. The van der Waals surface area contributed by atoms with E-state index in [4.69, 9.17) is 4.42 Å². The molecule has 0 saturated carbocycles. The van der Waals surface area contributed by atoms with Crippen LogP contribution in [0.25, 0.3) is 55.3 Å². The average molecular weight is 618 g/mol. The summed E-state index contributed by atoms with van der Waals surface area (Å²) in [6.07, 6.45) is 0.997. The van der Waals surface area contributed by atoms with Gasteiger partial charge in [-0.2, -0.15) is 0 Å². The van der Waals surface area contributed by atoms with Crippen molar-refractivity contribution in [1.29, 1.82) is 0 Å². The Bertz CT molecular complexity index is 2250. The van der Waals surface area contributed by atoms with Crippen LogP contribution >= 0.6 is 15.9 Å². The van der Waals surface area contributed by atoms with Crippen LogP contribution in [-0.4, -0.2) is 0 Å². The predicted molar refractivity (Wildman–Crippen MR) is 182 cm³/mol. The Morgan fingerprint density at radius 1 is 0.628 bits per heavy atom. The van der Waals surface area contributed by atoms with E-state index in [2.05, 4.69) is 139 Å². The predicted octanol–water partition coefficient (Wildman–Crippen LogP) is 11.7. The first-order valence-corrected chi connectivity index (χ1v) is 15.8. The highest BCUT2D eigenvalue weighted by Crippen LogP contribution is 2.54. The maximum Gasteiger partial charge on any atom is 0.136 e. The third-order valence-electron chi connectivity index (χ3n) is 9.93. The summed E-state index contributed by atoms with van der Waals surface area (Å²) in [6, 6.07) is 44.9. The van der Waals surface area contributed by atoms with Gasteiger partial charge in [-0.25, -0.2) is 0 Å². The average Bonchev–Trinajstić information content (AvgIpc) is 3.52. The van der Waals surface area contributed by atoms with Crippen LogP contribution < -0.4 is 0 Å². The molecule has 2 aliphatic carbocycles. The van der Waals surface area contributed by atoms with Crippen molar-refractivity contribution in [3.8, 4) is 33.4 Å². The topological polar surface area (TPSA) is 13.1 Å². The highest BCUT2D eigenvalue weighted by Gasteiger charge is 2.38. The molecule has 0 bridgehead atoms. The molecule has 6 aromatic carbocycles. The Kier molecular flexibility index (Phi) is 5.29. The summed E-state index contributed by atoms with van der Waals surface area (Å²) in [5.74, 6) is 0.324. The molecule has 43 heavy (non-hydrogen) atoms. The summed E-state index contributed by atoms with van der Waals surface area (Å²) >= 11 is 3.75. The molecule has 1 atom stereocenters. The lowest BCUT2D eigenvalue weighted by Crippen LogP contribution is -2.18. The number of benzene rings is 6. The molecular weight excluding hydrogens is 588 g/mol. The van der Waals surface area contributed by atoms with Gasteiger partial charge in [-0.15, -0.1) is 0 Å². The SMILES string of the molecule is CC1(C)c2ccccc2-c2cc3c(cc21)C(c1ccccc1)Cc1ccc(-c2ccc4oc5cccc(Br)c5c4c2)cc1-3. The summed E-state index contributed by atoms with van der Waals surface area (Å²) in [5, 5.41) is 2.27. The minimum atomic E-state index is -0.0264. The van der Waals surface area contributed by atoms with Crippen LogP contribution in [0.5, 0.6) is 0 Å². The first kappa shape index (κ1) is 25.1. The molecule has 0 spiro atoms. The molecule has 2 aliphatic rings. The zero-order valence-electron chi connectivity index (χ0n) is 24.1. The third-order valence-corrected chi connectivity index (χ3v) is 10.6. The molecule has 1 heterocycles. The Morgan fingerprint density at radius 3 is 2.30 bits per heavy atom. The van der Waals surface area contributed by atoms with E-state index in [1.54, 1.807) is 0 Å². The summed E-state index contributed by atoms with van der Waals surface area (Å²) in [6.45, 7) is 4.76. The number of hydrogen-bond acceptors (Lipinski definition) is 1. The molecule has 7 aromatic rings. The van der Waals surface area contributed by atoms with Crippen molar-refractivity contribution >= 4 is 37.9 Å². The van der Waals surface area contributed by atoms with Gasteiger partial charge in [0.2, 0.25) is 0 Å². The van der Waals surface area contributed by atoms with Gasteiger partial charge in [-0.05, 0) is 104 Å². The second-order valence-corrected chi connectivity index (χ2v) is 13.5. The first-order valence-electron chi connectivity index (χ1n) is 15.0. The van der Waals surface area contributed by atoms with Crippen molar-refractivity contribution in [2.75, 3.05) is 0 Å². The maximum atomic E-state index is 6.17. The molecule has 0 fully saturated rings. The highest BCUT2D eigenvalue weighted by atomic mass is 79.9. The minimum absolute atomic E-state index is 0.0264. The van der Waals surface area contributed by atoms with Gasteiger partial charge < -0.3 is 4.42 Å². The molecule has 2 heteroatoms. The third kappa shape index (κ3) is 3.63. The normalized spacial score (nSPS) is 16.1. The standard InChI is InChI=1S/C41H29BrO/c1-41(2)35-12-7-6-11-28(35)33-22-31-30-19-25(26-17-18-38-34(20-26)40-37(42)13-8-14-39(40)43-38)15-16-27(30)21-29(32(31)23-36(33)41)24-9-4-3-5-10-24/h3-20,22-23,29H,21H2,1-2H3. The van der Waals surface area contributed by atoms with Crippen LogP contribution in [-0.2, 0) is 11.8 Å². The lowest BCUT2D eigenvalue weighted by atomic mass is 9.72. The number of halogens is 1. The minimum Gasteiger partial charge on any atom is -0.456 e. The summed E-state index contributed by atoms with van der Waals surface area (Å²) in [7, 11) is 0. The van der Waals surface area contributed by atoms with Crippen molar-refractivity contribution in [2.24, 2.45) is 0 Å². The van der Waals surface area contributed by atoms with Crippen molar-refractivity contribution in [3.05, 3.63) is 154 Å². The van der Waals surface area contributed by atoms with Crippen molar-refractivity contribution in [1.82, 2.24) is 0 Å². The number of furan rings is 1. The fourth-order valence-corrected chi connectivity index (χ4v) is 8.31. The van der Waals surface area contributed by atoms with E-state index in [9.17, 15) is 0 Å². The second kappa shape index (κ2) is 9.05. The van der Waals surface area contributed by atoms with E-state index in [0.717, 1.165) is 32.8 Å². The molecule has 0 amide bonds. The smallest absolute Gasteiger partial charge is 0.136 e. The van der Waals surface area contributed by atoms with E-state index in [0.29, 0.717) is 5.92 Å². The molecule has 0 radical (unpaired) electrons. The van der Waals surface area contributed by atoms with Crippen LogP contribution in [0.15, 0.2) is 130 Å². The van der Waals surface area contributed by atoms with Crippen molar-refractivity contribution < 1.29 is 4.42 Å². The zero-order valence-corrected chi connectivity index (χ0v) is 25.7. The van der Waals surface area contributed by atoms with Crippen LogP contribution in [0.1, 0.15) is 47.6 Å². The van der Waals surface area contributed by atoms with Crippen LogP contribution in [0, 0.1) is 0 Å². The van der Waals surface area contributed by atoms with E-state index in [1.807, 2.05) is 12.1 Å². The molecular formula is C41H29BrO. The van der Waals surface area contributed by atoms with Crippen LogP contribution in [0.2, 0.25) is 0 Å². The van der Waals surface area contributed by atoms with Gasteiger partial charge in [0.15, 0.2) is 0 Å². The largest absolute Gasteiger partial charge is 0.456 e. The summed E-state index contributed by atoms with van der Waals surface area (Å²) in [4.78, 5) is 0. The lowest BCUT2D eigenvalue weighted by molar-refractivity contribution is 0.657. The lowest BCUT2D eigenvalue weighted by Gasteiger charge is -2.31. The fourth-order valence-electron chi connectivity index (χ4n) is 7.75. The summed E-state index contributed by atoms with van der Waals surface area (Å²) in [5.41, 5.74) is 16.8. The molecule has 1 aromatic heterocycles. The first-order chi connectivity index (χ1) is 21.0. The van der Waals surface area contributed by atoms with Gasteiger partial charge >= 0.3 is 0 Å². The van der Waals surface area contributed by atoms with E-state index in [1.165, 1.54) is 61.2 Å². The molecule has 0 saturated heterocycles. The highest BCUT2D eigenvalue weighted by molar-refractivity contribution is 9.10. The molecule has 1 nitrogen and oxygen atoms in total. The molecule has 0 N–H and O–H groups in total. The van der Waals surface area contributed by atoms with Crippen LogP contribution in [0.4, 0.5) is 0 Å². The van der Waals surface area contributed by atoms with Gasteiger partial charge in [0.25, 0.3) is 0 Å². The monoisotopic (exact) mass is 616 g/mol. The van der Waals surface area contributed by atoms with Gasteiger partial charge in [-0.3, -0.25) is 0 Å². The molecule has 0 aliphatic heterocycles. The fraction of sp³-hybridized carbons (Fsp3) is 0.122. The van der Waals surface area contributed by atoms with Crippen molar-refractivity contribution in [2.45, 2.75) is 31.6 Å². The second-order valence-electron chi connectivity index (χ2n) is 12.6.